The molecule has 0 aliphatic carbocycles. The lowest BCUT2D eigenvalue weighted by Crippen LogP contribution is -2.38. The van der Waals surface area contributed by atoms with Crippen molar-refractivity contribution in [2.24, 2.45) is 4.99 Å². The van der Waals surface area contributed by atoms with Gasteiger partial charge in [0.05, 0.1) is 7.11 Å². The Balaban J connectivity index is 0.00000420. The molecule has 0 saturated carbocycles. The van der Waals surface area contributed by atoms with Crippen LogP contribution in [0.2, 0.25) is 0 Å². The van der Waals surface area contributed by atoms with Gasteiger partial charge in [0, 0.05) is 32.5 Å². The summed E-state index contributed by atoms with van der Waals surface area (Å²) in [6, 6.07) is 8.26. The Morgan fingerprint density at radius 1 is 1.14 bits per heavy atom. The third kappa shape index (κ3) is 8.59. The van der Waals surface area contributed by atoms with Gasteiger partial charge in [-0.2, -0.15) is 4.98 Å². The molecule has 2 rings (SSSR count). The van der Waals surface area contributed by atoms with Gasteiger partial charge in [0.15, 0.2) is 11.8 Å². The number of nitrogens with zero attached hydrogens (tertiary/aromatic N) is 3. The van der Waals surface area contributed by atoms with E-state index in [1.165, 1.54) is 5.56 Å². The molecule has 8 heteroatoms. The second kappa shape index (κ2) is 13.4. The fourth-order valence-electron chi connectivity index (χ4n) is 2.78. The first-order valence-corrected chi connectivity index (χ1v) is 9.94. The molecule has 0 spiro atoms. The zero-order valence-electron chi connectivity index (χ0n) is 18.1. The van der Waals surface area contributed by atoms with Crippen molar-refractivity contribution in [2.75, 3.05) is 27.2 Å². The molecule has 0 aliphatic rings. The number of nitrogens with one attached hydrogen (secondary N) is 2. The molecule has 1 unspecified atom stereocenters. The summed E-state index contributed by atoms with van der Waals surface area (Å²) < 4.78 is 10.5. The molecule has 1 atom stereocenters. The Morgan fingerprint density at radius 3 is 2.41 bits per heavy atom. The lowest BCUT2D eigenvalue weighted by atomic mass is 9.98. The number of hydrogen-bond acceptors (Lipinski definition) is 5. The largest absolute Gasteiger partial charge is 0.497 e. The van der Waals surface area contributed by atoms with Crippen LogP contribution in [0, 0.1) is 0 Å². The smallest absolute Gasteiger partial charge is 0.226 e. The van der Waals surface area contributed by atoms with E-state index in [4.69, 9.17) is 9.26 Å². The summed E-state index contributed by atoms with van der Waals surface area (Å²) in [5.74, 6) is 3.92. The van der Waals surface area contributed by atoms with Crippen LogP contribution in [-0.4, -0.2) is 43.3 Å². The molecule has 7 nitrogen and oxygen atoms in total. The molecule has 0 aliphatic heterocycles. The molecule has 0 bridgehead atoms. The van der Waals surface area contributed by atoms with E-state index in [9.17, 15) is 0 Å². The van der Waals surface area contributed by atoms with Gasteiger partial charge in [-0.15, -0.1) is 24.0 Å². The Hall–Kier alpha value is -1.84. The van der Waals surface area contributed by atoms with E-state index in [0.29, 0.717) is 17.7 Å². The minimum atomic E-state index is 0. The van der Waals surface area contributed by atoms with Gasteiger partial charge in [0.1, 0.15) is 5.75 Å². The standard InChI is InChI=1S/C21H33N5O2.HI/c1-15(2)20-25-19(28-26-20)7-6-13-23-21(22-4)24-14-12-16(3)17-8-10-18(27-5)11-9-17;/h8-11,15-16H,6-7,12-14H2,1-5H3,(H2,22,23,24);1H. The van der Waals surface area contributed by atoms with Crippen molar-refractivity contribution < 1.29 is 9.26 Å². The maximum Gasteiger partial charge on any atom is 0.226 e. The van der Waals surface area contributed by atoms with Crippen LogP contribution in [0.4, 0.5) is 0 Å². The molecule has 2 N–H and O–H groups in total. The van der Waals surface area contributed by atoms with Crippen LogP contribution in [-0.2, 0) is 6.42 Å². The summed E-state index contributed by atoms with van der Waals surface area (Å²) >= 11 is 0. The third-order valence-corrected chi connectivity index (χ3v) is 4.64. The van der Waals surface area contributed by atoms with E-state index in [1.807, 2.05) is 12.1 Å². The monoisotopic (exact) mass is 515 g/mol. The van der Waals surface area contributed by atoms with E-state index in [-0.39, 0.29) is 24.0 Å². The fraction of sp³-hybridized carbons (Fsp3) is 0.571. The first kappa shape index (κ1) is 25.2. The normalized spacial score (nSPS) is 12.4. The Morgan fingerprint density at radius 2 is 1.83 bits per heavy atom. The summed E-state index contributed by atoms with van der Waals surface area (Å²) in [5.41, 5.74) is 1.31. The number of rotatable bonds is 10. The number of aromatic nitrogens is 2. The van der Waals surface area contributed by atoms with Crippen molar-refractivity contribution in [1.82, 2.24) is 20.8 Å². The number of benzene rings is 1. The highest BCUT2D eigenvalue weighted by atomic mass is 127. The molecule has 1 aromatic heterocycles. The van der Waals surface area contributed by atoms with Crippen LogP contribution in [0.15, 0.2) is 33.8 Å². The van der Waals surface area contributed by atoms with E-state index in [2.05, 4.69) is 58.7 Å². The van der Waals surface area contributed by atoms with Crippen LogP contribution >= 0.6 is 24.0 Å². The van der Waals surface area contributed by atoms with Gasteiger partial charge in [-0.1, -0.05) is 38.1 Å². The Labute approximate surface area is 191 Å². The molecule has 1 aromatic carbocycles. The quantitative estimate of drug-likeness (QED) is 0.215. The Bertz CT molecular complexity index is 731. The second-order valence-corrected chi connectivity index (χ2v) is 7.19. The molecule has 0 amide bonds. The van der Waals surface area contributed by atoms with Crippen molar-refractivity contribution in [3.63, 3.8) is 0 Å². The molecule has 1 heterocycles. The van der Waals surface area contributed by atoms with E-state index in [0.717, 1.165) is 49.9 Å². The van der Waals surface area contributed by atoms with Crippen molar-refractivity contribution >= 4 is 29.9 Å². The average molecular weight is 515 g/mol. The van der Waals surface area contributed by atoms with Gasteiger partial charge in [0.2, 0.25) is 5.89 Å². The average Bonchev–Trinajstić information content (AvgIpc) is 3.19. The SMILES string of the molecule is CN=C(NCCCc1nc(C(C)C)no1)NCCC(C)c1ccc(OC)cc1.I. The predicted molar refractivity (Wildman–Crippen MR) is 128 cm³/mol. The number of halogens is 1. The zero-order valence-corrected chi connectivity index (χ0v) is 20.4. The third-order valence-electron chi connectivity index (χ3n) is 4.64. The number of guanidine groups is 1. The first-order valence-electron chi connectivity index (χ1n) is 9.94. The number of aryl methyl sites for hydroxylation is 1. The van der Waals surface area contributed by atoms with Crippen LogP contribution < -0.4 is 15.4 Å². The minimum Gasteiger partial charge on any atom is -0.497 e. The highest BCUT2D eigenvalue weighted by molar-refractivity contribution is 14.0. The highest BCUT2D eigenvalue weighted by Gasteiger charge is 2.09. The van der Waals surface area contributed by atoms with Crippen LogP contribution in [0.3, 0.4) is 0 Å². The van der Waals surface area contributed by atoms with Gasteiger partial charge in [0.25, 0.3) is 0 Å². The fourth-order valence-corrected chi connectivity index (χ4v) is 2.78. The van der Waals surface area contributed by atoms with Gasteiger partial charge in [-0.25, -0.2) is 0 Å². The maximum absolute atomic E-state index is 5.26. The summed E-state index contributed by atoms with van der Waals surface area (Å²) in [5, 5.41) is 10.7. The number of ether oxygens (including phenoxy) is 1. The number of methoxy groups -OCH3 is 1. The van der Waals surface area contributed by atoms with E-state index < -0.39 is 0 Å². The number of aliphatic imine (C=N–C) groups is 1. The van der Waals surface area contributed by atoms with Gasteiger partial charge in [-0.3, -0.25) is 4.99 Å². The van der Waals surface area contributed by atoms with Gasteiger partial charge in [-0.05, 0) is 36.5 Å². The lowest BCUT2D eigenvalue weighted by Gasteiger charge is -2.15. The van der Waals surface area contributed by atoms with Crippen molar-refractivity contribution in [3.05, 3.63) is 41.5 Å². The molecule has 29 heavy (non-hydrogen) atoms. The van der Waals surface area contributed by atoms with E-state index >= 15 is 0 Å². The first-order chi connectivity index (χ1) is 13.5. The topological polar surface area (TPSA) is 84.6 Å². The minimum absolute atomic E-state index is 0. The Kier molecular flexibility index (Phi) is 11.6. The summed E-state index contributed by atoms with van der Waals surface area (Å²) in [6.07, 6.45) is 2.69. The summed E-state index contributed by atoms with van der Waals surface area (Å²) in [6.45, 7) is 8.00. The van der Waals surface area contributed by atoms with Crippen LogP contribution in [0.5, 0.6) is 5.75 Å². The molecule has 2 aromatic rings. The molecule has 0 saturated heterocycles. The maximum atomic E-state index is 5.26. The van der Waals surface area contributed by atoms with Crippen molar-refractivity contribution in [3.8, 4) is 5.75 Å². The van der Waals surface area contributed by atoms with Gasteiger partial charge >= 0.3 is 0 Å². The molecule has 0 radical (unpaired) electrons. The number of hydrogen-bond donors (Lipinski definition) is 2. The molecular formula is C21H34IN5O2. The summed E-state index contributed by atoms with van der Waals surface area (Å²) in [7, 11) is 3.47. The second-order valence-electron chi connectivity index (χ2n) is 7.19. The van der Waals surface area contributed by atoms with Crippen molar-refractivity contribution in [2.45, 2.75) is 51.9 Å². The zero-order chi connectivity index (χ0) is 20.4. The van der Waals surface area contributed by atoms with Crippen LogP contribution in [0.1, 0.15) is 62.7 Å². The lowest BCUT2D eigenvalue weighted by molar-refractivity contribution is 0.368. The van der Waals surface area contributed by atoms with E-state index in [1.54, 1.807) is 14.2 Å². The molecule has 162 valence electrons. The van der Waals surface area contributed by atoms with Crippen LogP contribution in [0.25, 0.3) is 0 Å². The van der Waals surface area contributed by atoms with Gasteiger partial charge < -0.3 is 19.9 Å². The van der Waals surface area contributed by atoms with Crippen molar-refractivity contribution in [1.29, 1.82) is 0 Å². The molecular weight excluding hydrogens is 481 g/mol. The molecule has 0 fully saturated rings. The predicted octanol–water partition coefficient (Wildman–Crippen LogP) is 4.11. The summed E-state index contributed by atoms with van der Waals surface area (Å²) in [4.78, 5) is 8.67. The highest BCUT2D eigenvalue weighted by Crippen LogP contribution is 2.21.